The third kappa shape index (κ3) is 6.46. The Labute approximate surface area is 128 Å². The minimum absolute atomic E-state index is 0.376. The van der Waals surface area contributed by atoms with Crippen molar-refractivity contribution in [3.05, 3.63) is 29.8 Å². The number of aliphatic hydroxyl groups excluding tert-OH is 1. The fraction of sp³-hybridized carbons (Fsp3) is 0.647. The highest BCUT2D eigenvalue weighted by Gasteiger charge is 2.09. The SMILES string of the molecule is CCOCCN(CCOCC)c1ccc([C@@H](O)CC)cc1. The lowest BCUT2D eigenvalue weighted by molar-refractivity contribution is 0.141. The fourth-order valence-corrected chi connectivity index (χ4v) is 2.15. The molecule has 0 aliphatic heterocycles. The van der Waals surface area contributed by atoms with E-state index < -0.39 is 0 Å². The van der Waals surface area contributed by atoms with Gasteiger partial charge in [-0.2, -0.15) is 0 Å². The van der Waals surface area contributed by atoms with Gasteiger partial charge in [-0.3, -0.25) is 0 Å². The van der Waals surface area contributed by atoms with E-state index >= 15 is 0 Å². The standard InChI is InChI=1S/C17H29NO3/c1-4-17(19)15-7-9-16(10-8-15)18(11-13-20-5-2)12-14-21-6-3/h7-10,17,19H,4-6,11-14H2,1-3H3/t17-/m0/s1. The van der Waals surface area contributed by atoms with Gasteiger partial charge in [0.15, 0.2) is 0 Å². The molecule has 0 heterocycles. The summed E-state index contributed by atoms with van der Waals surface area (Å²) in [5.74, 6) is 0. The molecule has 4 heteroatoms. The van der Waals surface area contributed by atoms with E-state index in [4.69, 9.17) is 9.47 Å². The van der Waals surface area contributed by atoms with E-state index in [1.54, 1.807) is 0 Å². The Morgan fingerprint density at radius 1 is 0.952 bits per heavy atom. The van der Waals surface area contributed by atoms with Crippen molar-refractivity contribution in [1.29, 1.82) is 0 Å². The molecule has 0 saturated heterocycles. The molecule has 0 spiro atoms. The number of ether oxygens (including phenoxy) is 2. The van der Waals surface area contributed by atoms with Gasteiger partial charge in [-0.1, -0.05) is 19.1 Å². The van der Waals surface area contributed by atoms with Crippen LogP contribution in [0.15, 0.2) is 24.3 Å². The first-order valence-electron chi connectivity index (χ1n) is 7.91. The van der Waals surface area contributed by atoms with Crippen LogP contribution in [0.1, 0.15) is 38.9 Å². The van der Waals surface area contributed by atoms with Gasteiger partial charge in [0.2, 0.25) is 0 Å². The number of nitrogens with zero attached hydrogens (tertiary/aromatic N) is 1. The monoisotopic (exact) mass is 295 g/mol. The van der Waals surface area contributed by atoms with Crippen molar-refractivity contribution in [2.24, 2.45) is 0 Å². The molecule has 0 aliphatic rings. The van der Waals surface area contributed by atoms with Gasteiger partial charge in [0, 0.05) is 32.0 Å². The van der Waals surface area contributed by atoms with E-state index in [-0.39, 0.29) is 6.10 Å². The highest BCUT2D eigenvalue weighted by atomic mass is 16.5. The van der Waals surface area contributed by atoms with E-state index in [0.717, 1.165) is 44.0 Å². The molecule has 0 fully saturated rings. The third-order valence-electron chi connectivity index (χ3n) is 3.45. The van der Waals surface area contributed by atoms with Crippen LogP contribution in [0.25, 0.3) is 0 Å². The summed E-state index contributed by atoms with van der Waals surface area (Å²) >= 11 is 0. The summed E-state index contributed by atoms with van der Waals surface area (Å²) in [4.78, 5) is 2.26. The molecule has 0 amide bonds. The van der Waals surface area contributed by atoms with Crippen molar-refractivity contribution in [3.63, 3.8) is 0 Å². The molecule has 0 unspecified atom stereocenters. The van der Waals surface area contributed by atoms with E-state index in [2.05, 4.69) is 17.0 Å². The first-order valence-corrected chi connectivity index (χ1v) is 7.91. The summed E-state index contributed by atoms with van der Waals surface area (Å²) in [5.41, 5.74) is 2.11. The molecular weight excluding hydrogens is 266 g/mol. The molecule has 1 aromatic carbocycles. The second-order valence-corrected chi connectivity index (χ2v) is 4.90. The van der Waals surface area contributed by atoms with E-state index in [0.29, 0.717) is 13.2 Å². The van der Waals surface area contributed by atoms with Crippen LogP contribution in [0.2, 0.25) is 0 Å². The number of anilines is 1. The molecule has 0 aliphatic carbocycles. The predicted molar refractivity (Wildman–Crippen MR) is 86.9 cm³/mol. The van der Waals surface area contributed by atoms with Crippen molar-refractivity contribution in [2.45, 2.75) is 33.3 Å². The summed E-state index contributed by atoms with van der Waals surface area (Å²) in [5, 5.41) is 9.85. The molecule has 120 valence electrons. The van der Waals surface area contributed by atoms with Gasteiger partial charge >= 0.3 is 0 Å². The van der Waals surface area contributed by atoms with Crippen molar-refractivity contribution in [2.75, 3.05) is 44.4 Å². The van der Waals surface area contributed by atoms with Gasteiger partial charge < -0.3 is 19.5 Å². The molecule has 4 nitrogen and oxygen atoms in total. The van der Waals surface area contributed by atoms with Gasteiger partial charge in [-0.15, -0.1) is 0 Å². The van der Waals surface area contributed by atoms with Gasteiger partial charge in [0.05, 0.1) is 19.3 Å². The number of hydrogen-bond donors (Lipinski definition) is 1. The van der Waals surface area contributed by atoms with Crippen molar-refractivity contribution in [3.8, 4) is 0 Å². The van der Waals surface area contributed by atoms with Gasteiger partial charge in [-0.25, -0.2) is 0 Å². The number of benzene rings is 1. The Bertz CT molecular complexity index is 357. The molecule has 1 rings (SSSR count). The molecule has 0 bridgehead atoms. The van der Waals surface area contributed by atoms with Crippen LogP contribution in [0.5, 0.6) is 0 Å². The van der Waals surface area contributed by atoms with Crippen LogP contribution < -0.4 is 4.90 Å². The van der Waals surface area contributed by atoms with E-state index in [1.807, 2.05) is 32.9 Å². The van der Waals surface area contributed by atoms with Gasteiger partial charge in [0.1, 0.15) is 0 Å². The first-order chi connectivity index (χ1) is 10.2. The maximum absolute atomic E-state index is 9.85. The molecule has 0 aromatic heterocycles. The lowest BCUT2D eigenvalue weighted by atomic mass is 10.1. The Hall–Kier alpha value is -1.10. The molecular formula is C17H29NO3. The Balaban J connectivity index is 2.66. The highest BCUT2D eigenvalue weighted by molar-refractivity contribution is 5.48. The molecule has 1 N–H and O–H groups in total. The van der Waals surface area contributed by atoms with Crippen LogP contribution in [-0.2, 0) is 9.47 Å². The first kappa shape index (κ1) is 18.0. The number of rotatable bonds is 11. The maximum Gasteiger partial charge on any atom is 0.0787 e. The van der Waals surface area contributed by atoms with Gasteiger partial charge in [0.25, 0.3) is 0 Å². The van der Waals surface area contributed by atoms with E-state index in [1.165, 1.54) is 0 Å². The summed E-state index contributed by atoms with van der Waals surface area (Å²) in [6.45, 7) is 10.6. The smallest absolute Gasteiger partial charge is 0.0787 e. The van der Waals surface area contributed by atoms with Gasteiger partial charge in [-0.05, 0) is 38.0 Å². The predicted octanol–water partition coefficient (Wildman–Crippen LogP) is 3.01. The lowest BCUT2D eigenvalue weighted by Gasteiger charge is -2.25. The number of aliphatic hydroxyl groups is 1. The van der Waals surface area contributed by atoms with Crippen LogP contribution in [0, 0.1) is 0 Å². The molecule has 1 atom stereocenters. The average Bonchev–Trinajstić information content (AvgIpc) is 2.53. The van der Waals surface area contributed by atoms with Crippen LogP contribution >= 0.6 is 0 Å². The second-order valence-electron chi connectivity index (χ2n) is 4.90. The molecule has 1 aromatic rings. The van der Waals surface area contributed by atoms with Crippen LogP contribution in [-0.4, -0.2) is 44.6 Å². The molecule has 0 radical (unpaired) electrons. The zero-order valence-corrected chi connectivity index (χ0v) is 13.5. The summed E-state index contributed by atoms with van der Waals surface area (Å²) in [6, 6.07) is 8.12. The largest absolute Gasteiger partial charge is 0.388 e. The minimum Gasteiger partial charge on any atom is -0.388 e. The van der Waals surface area contributed by atoms with E-state index in [9.17, 15) is 5.11 Å². The fourth-order valence-electron chi connectivity index (χ4n) is 2.15. The normalized spacial score (nSPS) is 12.4. The zero-order valence-electron chi connectivity index (χ0n) is 13.5. The quantitative estimate of drug-likeness (QED) is 0.637. The minimum atomic E-state index is -0.376. The summed E-state index contributed by atoms with van der Waals surface area (Å²) < 4.78 is 10.9. The molecule has 0 saturated carbocycles. The average molecular weight is 295 g/mol. The van der Waals surface area contributed by atoms with Crippen LogP contribution in [0.4, 0.5) is 5.69 Å². The second kappa shape index (κ2) is 10.6. The highest BCUT2D eigenvalue weighted by Crippen LogP contribution is 2.21. The van der Waals surface area contributed by atoms with Crippen molar-refractivity contribution >= 4 is 5.69 Å². The topological polar surface area (TPSA) is 41.9 Å². The third-order valence-corrected chi connectivity index (χ3v) is 3.45. The lowest BCUT2D eigenvalue weighted by Crippen LogP contribution is -2.31. The Morgan fingerprint density at radius 2 is 1.48 bits per heavy atom. The Kier molecular flexibility index (Phi) is 9.06. The van der Waals surface area contributed by atoms with Crippen molar-refractivity contribution in [1.82, 2.24) is 0 Å². The Morgan fingerprint density at radius 3 is 1.90 bits per heavy atom. The summed E-state index contributed by atoms with van der Waals surface area (Å²) in [6.07, 6.45) is 0.358. The van der Waals surface area contributed by atoms with Crippen LogP contribution in [0.3, 0.4) is 0 Å². The number of hydrogen-bond acceptors (Lipinski definition) is 4. The molecule has 21 heavy (non-hydrogen) atoms. The summed E-state index contributed by atoms with van der Waals surface area (Å²) in [7, 11) is 0. The maximum atomic E-state index is 9.85. The van der Waals surface area contributed by atoms with Crippen molar-refractivity contribution < 1.29 is 14.6 Å². The zero-order chi connectivity index (χ0) is 15.5.